The number of esters is 2. The van der Waals surface area contributed by atoms with Crippen molar-refractivity contribution in [1.82, 2.24) is 0 Å². The van der Waals surface area contributed by atoms with Crippen molar-refractivity contribution < 1.29 is 33.3 Å². The van der Waals surface area contributed by atoms with Gasteiger partial charge in [-0.2, -0.15) is 0 Å². The third-order valence-corrected chi connectivity index (χ3v) is 2.86. The maximum Gasteiger partial charge on any atom is 0.345 e. The first-order valence-corrected chi connectivity index (χ1v) is 6.60. The van der Waals surface area contributed by atoms with E-state index in [4.69, 9.17) is 14.2 Å². The Bertz CT molecular complexity index is 658. The highest BCUT2D eigenvalue weighted by atomic mass is 16.5. The van der Waals surface area contributed by atoms with Gasteiger partial charge in [0.2, 0.25) is 0 Å². The molecule has 0 atom stereocenters. The summed E-state index contributed by atoms with van der Waals surface area (Å²) in [5, 5.41) is 0. The molecule has 1 rings (SSSR count). The summed E-state index contributed by atoms with van der Waals surface area (Å²) in [5.41, 5.74) is -0.0663. The van der Waals surface area contributed by atoms with Crippen LogP contribution in [0, 0.1) is 0 Å². The predicted octanol–water partition coefficient (Wildman–Crippen LogP) is 1.74. The van der Waals surface area contributed by atoms with Crippen molar-refractivity contribution in [3.05, 3.63) is 29.3 Å². The van der Waals surface area contributed by atoms with E-state index < -0.39 is 17.7 Å². The van der Waals surface area contributed by atoms with Crippen LogP contribution in [-0.4, -0.2) is 39.1 Å². The molecule has 1 aromatic rings. The molecule has 7 heteroatoms. The van der Waals surface area contributed by atoms with Gasteiger partial charge in [0.15, 0.2) is 23.0 Å². The number of carbonyl (C=O) groups excluding carboxylic acids is 3. The minimum Gasteiger partial charge on any atom is -0.493 e. The van der Waals surface area contributed by atoms with Gasteiger partial charge < -0.3 is 18.9 Å². The summed E-state index contributed by atoms with van der Waals surface area (Å²) < 4.78 is 20.0. The minimum atomic E-state index is -0.900. The van der Waals surface area contributed by atoms with Gasteiger partial charge in [-0.05, 0) is 25.1 Å². The molecule has 0 spiro atoms. The van der Waals surface area contributed by atoms with Crippen molar-refractivity contribution in [3.8, 4) is 11.5 Å². The summed E-state index contributed by atoms with van der Waals surface area (Å²) in [6.07, 6.45) is 0. The standard InChI is InChI=1S/C16H18O7/c1-9(17)14(16(19)22-5)15(23-10(2)18)11-6-7-12(20-3)13(8-11)21-4/h6-8H,1-5H3/b15-14+. The van der Waals surface area contributed by atoms with Crippen molar-refractivity contribution in [1.29, 1.82) is 0 Å². The van der Waals surface area contributed by atoms with E-state index in [1.54, 1.807) is 6.07 Å². The van der Waals surface area contributed by atoms with Gasteiger partial charge in [-0.1, -0.05) is 0 Å². The van der Waals surface area contributed by atoms with Crippen LogP contribution in [-0.2, 0) is 23.9 Å². The Balaban J connectivity index is 3.62. The zero-order valence-corrected chi connectivity index (χ0v) is 13.6. The van der Waals surface area contributed by atoms with Gasteiger partial charge >= 0.3 is 11.9 Å². The highest BCUT2D eigenvalue weighted by molar-refractivity contribution is 6.21. The van der Waals surface area contributed by atoms with Crippen LogP contribution in [0.4, 0.5) is 0 Å². The van der Waals surface area contributed by atoms with Gasteiger partial charge in [0.05, 0.1) is 21.3 Å². The van der Waals surface area contributed by atoms with Crippen LogP contribution in [0.3, 0.4) is 0 Å². The highest BCUT2D eigenvalue weighted by Gasteiger charge is 2.25. The second kappa shape index (κ2) is 7.98. The largest absolute Gasteiger partial charge is 0.493 e. The molecular weight excluding hydrogens is 304 g/mol. The van der Waals surface area contributed by atoms with E-state index in [1.165, 1.54) is 33.3 Å². The van der Waals surface area contributed by atoms with Crippen LogP contribution >= 0.6 is 0 Å². The molecule has 124 valence electrons. The summed E-state index contributed by atoms with van der Waals surface area (Å²) in [7, 11) is 4.03. The molecule has 0 heterocycles. The lowest BCUT2D eigenvalue weighted by Gasteiger charge is -2.14. The molecule has 0 N–H and O–H groups in total. The van der Waals surface area contributed by atoms with Crippen LogP contribution in [0.15, 0.2) is 23.8 Å². The molecule has 0 fully saturated rings. The Morgan fingerprint density at radius 1 is 0.913 bits per heavy atom. The Morgan fingerprint density at radius 2 is 1.52 bits per heavy atom. The lowest BCUT2D eigenvalue weighted by atomic mass is 10.0. The topological polar surface area (TPSA) is 88.1 Å². The van der Waals surface area contributed by atoms with Crippen molar-refractivity contribution in [3.63, 3.8) is 0 Å². The molecule has 0 bridgehead atoms. The predicted molar refractivity (Wildman–Crippen MR) is 80.9 cm³/mol. The van der Waals surface area contributed by atoms with Gasteiger partial charge in [-0.15, -0.1) is 0 Å². The molecule has 0 saturated carbocycles. The Labute approximate surface area is 133 Å². The van der Waals surface area contributed by atoms with E-state index in [1.807, 2.05) is 0 Å². The van der Waals surface area contributed by atoms with Crippen LogP contribution in [0.25, 0.3) is 5.76 Å². The van der Waals surface area contributed by atoms with Crippen LogP contribution in [0.5, 0.6) is 11.5 Å². The van der Waals surface area contributed by atoms with Crippen LogP contribution < -0.4 is 9.47 Å². The quantitative estimate of drug-likeness (QED) is 0.259. The maximum absolute atomic E-state index is 11.9. The molecule has 0 radical (unpaired) electrons. The van der Waals surface area contributed by atoms with Crippen molar-refractivity contribution in [2.45, 2.75) is 13.8 Å². The van der Waals surface area contributed by atoms with Gasteiger partial charge in [0, 0.05) is 12.5 Å². The first-order chi connectivity index (χ1) is 10.8. The highest BCUT2D eigenvalue weighted by Crippen LogP contribution is 2.32. The lowest BCUT2D eigenvalue weighted by molar-refractivity contribution is -0.137. The Kier molecular flexibility index (Phi) is 6.32. The summed E-state index contributed by atoms with van der Waals surface area (Å²) >= 11 is 0. The van der Waals surface area contributed by atoms with Crippen molar-refractivity contribution >= 4 is 23.5 Å². The molecule has 7 nitrogen and oxygen atoms in total. The fraction of sp³-hybridized carbons (Fsp3) is 0.312. The number of hydrogen-bond acceptors (Lipinski definition) is 7. The van der Waals surface area contributed by atoms with E-state index in [0.29, 0.717) is 17.1 Å². The van der Waals surface area contributed by atoms with E-state index in [-0.39, 0.29) is 11.3 Å². The molecular formula is C16H18O7. The zero-order chi connectivity index (χ0) is 17.6. The monoisotopic (exact) mass is 322 g/mol. The van der Waals surface area contributed by atoms with Crippen LogP contribution in [0.1, 0.15) is 19.4 Å². The molecule has 0 unspecified atom stereocenters. The van der Waals surface area contributed by atoms with Gasteiger partial charge in [-0.25, -0.2) is 4.79 Å². The van der Waals surface area contributed by atoms with E-state index in [9.17, 15) is 14.4 Å². The first-order valence-electron chi connectivity index (χ1n) is 6.60. The first kappa shape index (κ1) is 18.2. The normalized spacial score (nSPS) is 11.2. The maximum atomic E-state index is 11.9. The number of ketones is 1. The Morgan fingerprint density at radius 3 is 1.96 bits per heavy atom. The average molecular weight is 322 g/mol. The second-order valence-electron chi connectivity index (χ2n) is 4.42. The fourth-order valence-electron chi connectivity index (χ4n) is 1.87. The number of ether oxygens (including phenoxy) is 4. The summed E-state index contributed by atoms with van der Waals surface area (Å²) in [6, 6.07) is 4.58. The number of hydrogen-bond donors (Lipinski definition) is 0. The summed E-state index contributed by atoms with van der Waals surface area (Å²) in [6.45, 7) is 2.34. The SMILES string of the molecule is COC(=O)/C(C(C)=O)=C(/OC(C)=O)c1ccc(OC)c(OC)c1. The molecule has 1 aromatic carbocycles. The second-order valence-corrected chi connectivity index (χ2v) is 4.42. The van der Waals surface area contributed by atoms with E-state index in [2.05, 4.69) is 4.74 Å². The number of Topliss-reactive ketones (excluding diaryl/α,β-unsaturated/α-hetero) is 1. The van der Waals surface area contributed by atoms with Gasteiger partial charge in [0.25, 0.3) is 0 Å². The van der Waals surface area contributed by atoms with E-state index in [0.717, 1.165) is 14.0 Å². The summed E-state index contributed by atoms with van der Waals surface area (Å²) in [4.78, 5) is 35.1. The zero-order valence-electron chi connectivity index (χ0n) is 13.6. The minimum absolute atomic E-state index is 0.196. The Hall–Kier alpha value is -2.83. The third-order valence-electron chi connectivity index (χ3n) is 2.86. The van der Waals surface area contributed by atoms with Crippen molar-refractivity contribution in [2.75, 3.05) is 21.3 Å². The molecule has 0 aromatic heterocycles. The van der Waals surface area contributed by atoms with Crippen LogP contribution in [0.2, 0.25) is 0 Å². The lowest BCUT2D eigenvalue weighted by Crippen LogP contribution is -2.16. The molecule has 0 aliphatic carbocycles. The van der Waals surface area contributed by atoms with Gasteiger partial charge in [-0.3, -0.25) is 9.59 Å². The smallest absolute Gasteiger partial charge is 0.345 e. The number of benzene rings is 1. The molecule has 23 heavy (non-hydrogen) atoms. The van der Waals surface area contributed by atoms with Crippen molar-refractivity contribution in [2.24, 2.45) is 0 Å². The third kappa shape index (κ3) is 4.32. The number of methoxy groups -OCH3 is 3. The average Bonchev–Trinajstić information content (AvgIpc) is 2.52. The van der Waals surface area contributed by atoms with E-state index >= 15 is 0 Å². The molecule has 0 amide bonds. The van der Waals surface area contributed by atoms with Gasteiger partial charge in [0.1, 0.15) is 5.57 Å². The summed E-state index contributed by atoms with van der Waals surface area (Å²) in [5.74, 6) is -1.58. The number of rotatable bonds is 6. The fourth-order valence-corrected chi connectivity index (χ4v) is 1.87. The molecule has 0 saturated heterocycles. The molecule has 0 aliphatic rings. The number of carbonyl (C=O) groups is 3. The molecule has 0 aliphatic heterocycles.